The van der Waals surface area contributed by atoms with Crippen LogP contribution in [0.4, 0.5) is 11.4 Å². The number of benzene rings is 1. The lowest BCUT2D eigenvalue weighted by atomic mass is 10.1. The molecule has 0 aromatic heterocycles. The third kappa shape index (κ3) is 2.39. The SMILES string of the molecule is c1ccc2c(c1)NCCN2CCC1CCCN1. The molecule has 0 radical (unpaired) electrons. The van der Waals surface area contributed by atoms with Gasteiger partial charge in [0.2, 0.25) is 0 Å². The maximum absolute atomic E-state index is 3.58. The molecule has 1 unspecified atom stereocenters. The summed E-state index contributed by atoms with van der Waals surface area (Å²) < 4.78 is 0. The van der Waals surface area contributed by atoms with E-state index >= 15 is 0 Å². The molecule has 3 rings (SSSR count). The number of hydrogen-bond acceptors (Lipinski definition) is 3. The normalized spacial score (nSPS) is 23.3. The molecule has 3 nitrogen and oxygen atoms in total. The zero-order chi connectivity index (χ0) is 11.5. The highest BCUT2D eigenvalue weighted by Gasteiger charge is 2.18. The molecule has 0 spiro atoms. The number of nitrogens with one attached hydrogen (secondary N) is 2. The van der Waals surface area contributed by atoms with Crippen molar-refractivity contribution < 1.29 is 0 Å². The molecule has 0 saturated carbocycles. The van der Waals surface area contributed by atoms with Crippen LogP contribution in [0.2, 0.25) is 0 Å². The number of rotatable bonds is 3. The molecule has 0 amide bonds. The fraction of sp³-hybridized carbons (Fsp3) is 0.571. The van der Waals surface area contributed by atoms with Gasteiger partial charge in [0.15, 0.2) is 0 Å². The van der Waals surface area contributed by atoms with Crippen molar-refractivity contribution in [1.29, 1.82) is 0 Å². The van der Waals surface area contributed by atoms with Crippen molar-refractivity contribution in [2.24, 2.45) is 0 Å². The summed E-state index contributed by atoms with van der Waals surface area (Å²) in [4.78, 5) is 2.52. The lowest BCUT2D eigenvalue weighted by Gasteiger charge is -2.32. The van der Waals surface area contributed by atoms with Crippen LogP contribution in [0, 0.1) is 0 Å². The molecule has 1 fully saturated rings. The molecule has 92 valence electrons. The van der Waals surface area contributed by atoms with Crippen molar-refractivity contribution in [1.82, 2.24) is 5.32 Å². The average molecular weight is 231 g/mol. The minimum absolute atomic E-state index is 0.747. The topological polar surface area (TPSA) is 27.3 Å². The molecule has 17 heavy (non-hydrogen) atoms. The van der Waals surface area contributed by atoms with Gasteiger partial charge in [-0.25, -0.2) is 0 Å². The van der Waals surface area contributed by atoms with Crippen LogP contribution < -0.4 is 15.5 Å². The van der Waals surface area contributed by atoms with E-state index in [4.69, 9.17) is 0 Å². The Labute approximate surface area is 103 Å². The van der Waals surface area contributed by atoms with E-state index in [0.717, 1.165) is 19.1 Å². The first-order chi connectivity index (χ1) is 8.43. The zero-order valence-corrected chi connectivity index (χ0v) is 10.3. The van der Waals surface area contributed by atoms with Crippen LogP contribution in [0.25, 0.3) is 0 Å². The van der Waals surface area contributed by atoms with Crippen molar-refractivity contribution >= 4 is 11.4 Å². The molecule has 2 aliphatic rings. The maximum atomic E-state index is 3.58. The third-order valence-corrected chi connectivity index (χ3v) is 3.85. The van der Waals surface area contributed by atoms with Gasteiger partial charge in [-0.3, -0.25) is 0 Å². The lowest BCUT2D eigenvalue weighted by molar-refractivity contribution is 0.550. The number of hydrogen-bond donors (Lipinski definition) is 2. The van der Waals surface area contributed by atoms with Crippen molar-refractivity contribution in [3.05, 3.63) is 24.3 Å². The summed E-state index contributed by atoms with van der Waals surface area (Å²) in [6, 6.07) is 9.39. The molecule has 2 N–H and O–H groups in total. The second kappa shape index (κ2) is 4.96. The standard InChI is InChI=1S/C14H21N3/c1-2-6-14-13(5-1)16-9-11-17(14)10-7-12-4-3-8-15-12/h1-2,5-6,12,15-16H,3-4,7-11H2. The van der Waals surface area contributed by atoms with E-state index in [0.29, 0.717) is 0 Å². The van der Waals surface area contributed by atoms with E-state index in [1.54, 1.807) is 0 Å². The average Bonchev–Trinajstić information content (AvgIpc) is 2.89. The Balaban J connectivity index is 1.64. The Morgan fingerprint density at radius 1 is 1.24 bits per heavy atom. The predicted molar refractivity (Wildman–Crippen MR) is 72.8 cm³/mol. The van der Waals surface area contributed by atoms with E-state index in [9.17, 15) is 0 Å². The van der Waals surface area contributed by atoms with Gasteiger partial charge < -0.3 is 15.5 Å². The molecule has 2 heterocycles. The Morgan fingerprint density at radius 3 is 3.06 bits per heavy atom. The van der Waals surface area contributed by atoms with E-state index < -0.39 is 0 Å². The highest BCUT2D eigenvalue weighted by atomic mass is 15.2. The van der Waals surface area contributed by atoms with Crippen molar-refractivity contribution in [3.63, 3.8) is 0 Å². The summed E-state index contributed by atoms with van der Waals surface area (Å²) in [5.74, 6) is 0. The second-order valence-electron chi connectivity index (χ2n) is 5.01. The zero-order valence-electron chi connectivity index (χ0n) is 10.3. The first-order valence-electron chi connectivity index (χ1n) is 6.75. The first kappa shape index (κ1) is 10.9. The van der Waals surface area contributed by atoms with Gasteiger partial charge in [-0.2, -0.15) is 0 Å². The highest BCUT2D eigenvalue weighted by molar-refractivity contribution is 5.71. The van der Waals surface area contributed by atoms with Crippen LogP contribution in [-0.4, -0.2) is 32.2 Å². The molecule has 0 aliphatic carbocycles. The van der Waals surface area contributed by atoms with Crippen molar-refractivity contribution in [3.8, 4) is 0 Å². The summed E-state index contributed by atoms with van der Waals surface area (Å²) in [6.07, 6.45) is 3.98. The van der Waals surface area contributed by atoms with Crippen LogP contribution in [0.5, 0.6) is 0 Å². The third-order valence-electron chi connectivity index (χ3n) is 3.85. The number of para-hydroxylation sites is 2. The van der Waals surface area contributed by atoms with Gasteiger partial charge in [0, 0.05) is 25.7 Å². The molecule has 2 aliphatic heterocycles. The predicted octanol–water partition coefficient (Wildman–Crippen LogP) is 2.06. The van der Waals surface area contributed by atoms with Gasteiger partial charge in [0.25, 0.3) is 0 Å². The van der Waals surface area contributed by atoms with Gasteiger partial charge in [-0.15, -0.1) is 0 Å². The van der Waals surface area contributed by atoms with Gasteiger partial charge in [0.1, 0.15) is 0 Å². The quantitative estimate of drug-likeness (QED) is 0.834. The minimum atomic E-state index is 0.747. The van der Waals surface area contributed by atoms with Crippen LogP contribution in [0.15, 0.2) is 24.3 Å². The molecule has 1 atom stereocenters. The smallest absolute Gasteiger partial charge is 0.0602 e. The van der Waals surface area contributed by atoms with Crippen LogP contribution in [0.3, 0.4) is 0 Å². The molecule has 1 saturated heterocycles. The van der Waals surface area contributed by atoms with Crippen LogP contribution >= 0.6 is 0 Å². The molecule has 1 aromatic carbocycles. The summed E-state index contributed by atoms with van der Waals surface area (Å²) in [5.41, 5.74) is 2.66. The molecule has 1 aromatic rings. The summed E-state index contributed by atoms with van der Waals surface area (Å²) >= 11 is 0. The van der Waals surface area contributed by atoms with Gasteiger partial charge in [-0.1, -0.05) is 12.1 Å². The molecule has 0 bridgehead atoms. The van der Waals surface area contributed by atoms with Gasteiger partial charge >= 0.3 is 0 Å². The Hall–Kier alpha value is -1.22. The highest BCUT2D eigenvalue weighted by Crippen LogP contribution is 2.28. The maximum Gasteiger partial charge on any atom is 0.0602 e. The number of fused-ring (bicyclic) bond motifs is 1. The monoisotopic (exact) mass is 231 g/mol. The van der Waals surface area contributed by atoms with Gasteiger partial charge in [-0.05, 0) is 37.9 Å². The van der Waals surface area contributed by atoms with E-state index in [2.05, 4.69) is 39.8 Å². The van der Waals surface area contributed by atoms with Crippen LogP contribution in [0.1, 0.15) is 19.3 Å². The summed E-state index contributed by atoms with van der Waals surface area (Å²) in [6.45, 7) is 4.58. The number of anilines is 2. The van der Waals surface area contributed by atoms with E-state index in [-0.39, 0.29) is 0 Å². The lowest BCUT2D eigenvalue weighted by Crippen LogP contribution is -2.37. The Kier molecular flexibility index (Phi) is 3.18. The molecule has 3 heteroatoms. The Morgan fingerprint density at radius 2 is 2.18 bits per heavy atom. The van der Waals surface area contributed by atoms with Crippen molar-refractivity contribution in [2.45, 2.75) is 25.3 Å². The van der Waals surface area contributed by atoms with E-state index in [1.807, 2.05) is 0 Å². The minimum Gasteiger partial charge on any atom is -0.382 e. The fourth-order valence-electron chi connectivity index (χ4n) is 2.89. The summed E-state index contributed by atoms with van der Waals surface area (Å²) in [5, 5.41) is 7.04. The van der Waals surface area contributed by atoms with E-state index in [1.165, 1.54) is 43.7 Å². The molecular formula is C14H21N3. The first-order valence-corrected chi connectivity index (χ1v) is 6.75. The second-order valence-corrected chi connectivity index (χ2v) is 5.01. The summed E-state index contributed by atoms with van der Waals surface area (Å²) in [7, 11) is 0. The van der Waals surface area contributed by atoms with Gasteiger partial charge in [0.05, 0.1) is 11.4 Å². The Bertz CT molecular complexity index is 371. The largest absolute Gasteiger partial charge is 0.382 e. The van der Waals surface area contributed by atoms with Crippen molar-refractivity contribution in [2.75, 3.05) is 36.4 Å². The molecular weight excluding hydrogens is 210 g/mol. The fourth-order valence-corrected chi connectivity index (χ4v) is 2.89. The van der Waals surface area contributed by atoms with Crippen LogP contribution in [-0.2, 0) is 0 Å². The number of nitrogens with zero attached hydrogens (tertiary/aromatic N) is 1.